The number of nitro benzene ring substituents is 1. The second-order valence-electron chi connectivity index (χ2n) is 8.11. The van der Waals surface area contributed by atoms with Crippen molar-refractivity contribution in [1.29, 1.82) is 0 Å². The van der Waals surface area contributed by atoms with Gasteiger partial charge in [0.2, 0.25) is 5.91 Å². The van der Waals surface area contributed by atoms with Gasteiger partial charge in [0.25, 0.3) is 5.69 Å². The summed E-state index contributed by atoms with van der Waals surface area (Å²) in [7, 11) is 0. The summed E-state index contributed by atoms with van der Waals surface area (Å²) in [6, 6.07) is 5.20. The highest BCUT2D eigenvalue weighted by molar-refractivity contribution is 5.81. The Morgan fingerprint density at radius 3 is 2.66 bits per heavy atom. The summed E-state index contributed by atoms with van der Waals surface area (Å²) in [5, 5.41) is 16.1. The number of non-ortho nitro benzene ring substituents is 1. The molecule has 0 N–H and O–H groups in total. The first-order chi connectivity index (χ1) is 14.0. The van der Waals surface area contributed by atoms with E-state index in [1.165, 1.54) is 12.5 Å². The quantitative estimate of drug-likeness (QED) is 0.563. The lowest BCUT2D eigenvalue weighted by Crippen LogP contribution is -2.52. The molecule has 0 spiro atoms. The Morgan fingerprint density at radius 2 is 1.93 bits per heavy atom. The molecule has 9 heteroatoms. The third-order valence-electron chi connectivity index (χ3n) is 6.12. The normalized spacial score (nSPS) is 21.6. The largest absolute Gasteiger partial charge is 0.339 e. The van der Waals surface area contributed by atoms with Crippen molar-refractivity contribution in [3.63, 3.8) is 0 Å². The molecule has 29 heavy (non-hydrogen) atoms. The van der Waals surface area contributed by atoms with Crippen LogP contribution in [0.5, 0.6) is 0 Å². The molecule has 1 aromatic heterocycles. The lowest BCUT2D eigenvalue weighted by molar-refractivity contribution is -0.384. The molecule has 4 rings (SSSR count). The van der Waals surface area contributed by atoms with E-state index in [0.717, 1.165) is 56.5 Å². The minimum absolute atomic E-state index is 0.0818. The summed E-state index contributed by atoms with van der Waals surface area (Å²) in [6.07, 6.45) is 5.13. The summed E-state index contributed by atoms with van der Waals surface area (Å²) in [6.45, 7) is 7.66. The van der Waals surface area contributed by atoms with Crippen LogP contribution in [-0.2, 0) is 11.5 Å². The molecule has 1 atom stereocenters. The average Bonchev–Trinajstić information content (AvgIpc) is 3.11. The molecule has 9 nitrogen and oxygen atoms in total. The molecule has 2 aromatic rings. The van der Waals surface area contributed by atoms with Crippen LogP contribution >= 0.6 is 0 Å². The lowest BCUT2D eigenvalue weighted by Gasteiger charge is -2.38. The molecule has 0 bridgehead atoms. The number of carbonyl (C=O) groups is 1. The van der Waals surface area contributed by atoms with E-state index in [9.17, 15) is 14.9 Å². The Balaban J connectivity index is 1.30. The fraction of sp³-hybridized carbons (Fsp3) is 0.600. The summed E-state index contributed by atoms with van der Waals surface area (Å²) >= 11 is 0. The van der Waals surface area contributed by atoms with E-state index >= 15 is 0 Å². The van der Waals surface area contributed by atoms with Crippen molar-refractivity contribution >= 4 is 22.5 Å². The Kier molecular flexibility index (Phi) is 5.77. The maximum atomic E-state index is 12.6. The van der Waals surface area contributed by atoms with Gasteiger partial charge in [-0.2, -0.15) is 5.10 Å². The van der Waals surface area contributed by atoms with E-state index in [-0.39, 0.29) is 16.5 Å². The third kappa shape index (κ3) is 4.40. The minimum Gasteiger partial charge on any atom is -0.339 e. The molecule has 2 fully saturated rings. The summed E-state index contributed by atoms with van der Waals surface area (Å²) in [5.74, 6) is 0.255. The van der Waals surface area contributed by atoms with Crippen molar-refractivity contribution < 1.29 is 9.72 Å². The number of hydrogen-bond acceptors (Lipinski definition) is 6. The van der Waals surface area contributed by atoms with E-state index in [1.807, 2.05) is 9.58 Å². The van der Waals surface area contributed by atoms with Crippen LogP contribution in [-0.4, -0.2) is 80.6 Å². The van der Waals surface area contributed by atoms with Crippen molar-refractivity contribution in [3.8, 4) is 0 Å². The van der Waals surface area contributed by atoms with Gasteiger partial charge in [0.15, 0.2) is 0 Å². The zero-order valence-electron chi connectivity index (χ0n) is 16.9. The van der Waals surface area contributed by atoms with Gasteiger partial charge in [-0.15, -0.1) is 0 Å². The van der Waals surface area contributed by atoms with Crippen LogP contribution in [0, 0.1) is 10.1 Å². The first-order valence-electron chi connectivity index (χ1n) is 10.4. The van der Waals surface area contributed by atoms with E-state index in [2.05, 4.69) is 21.8 Å². The fourth-order valence-electron chi connectivity index (χ4n) is 4.33. The van der Waals surface area contributed by atoms with Crippen molar-refractivity contribution in [3.05, 3.63) is 34.5 Å². The lowest BCUT2D eigenvalue weighted by atomic mass is 10.0. The number of rotatable bonds is 5. The van der Waals surface area contributed by atoms with Gasteiger partial charge in [-0.3, -0.25) is 29.4 Å². The number of hydrogen-bond donors (Lipinski definition) is 0. The molecule has 0 aliphatic carbocycles. The van der Waals surface area contributed by atoms with Crippen LogP contribution in [0.25, 0.3) is 10.9 Å². The van der Waals surface area contributed by atoms with Crippen molar-refractivity contribution in [2.45, 2.75) is 38.9 Å². The van der Waals surface area contributed by atoms with Gasteiger partial charge in [0, 0.05) is 56.3 Å². The second-order valence-corrected chi connectivity index (χ2v) is 8.11. The van der Waals surface area contributed by atoms with Crippen LogP contribution in [0.15, 0.2) is 24.4 Å². The molecular formula is C20H28N6O3. The maximum absolute atomic E-state index is 12.6. The number of nitrogens with zero attached hydrogens (tertiary/aromatic N) is 6. The Labute approximate surface area is 170 Å². The number of benzene rings is 1. The molecule has 156 valence electrons. The molecule has 1 amide bonds. The molecule has 2 aliphatic heterocycles. The number of likely N-dealkylation sites (tertiary alicyclic amines) is 1. The highest BCUT2D eigenvalue weighted by Crippen LogP contribution is 2.21. The molecule has 0 radical (unpaired) electrons. The first-order valence-corrected chi connectivity index (χ1v) is 10.4. The fourth-order valence-corrected chi connectivity index (χ4v) is 4.33. The second kappa shape index (κ2) is 8.46. The maximum Gasteiger partial charge on any atom is 0.270 e. The standard InChI is InChI=1S/C20H28N6O3/c1-16-4-2-3-7-24(16)20(27)14-22-8-10-23(11-9-22)15-25-19-6-5-18(26(28)29)12-17(19)13-21-25/h5-6,12-13,16H,2-4,7-11,14-15H2,1H3. The number of fused-ring (bicyclic) bond motifs is 1. The monoisotopic (exact) mass is 400 g/mol. The van der Waals surface area contributed by atoms with Crippen LogP contribution in [0.2, 0.25) is 0 Å². The Morgan fingerprint density at radius 1 is 1.17 bits per heavy atom. The number of piperidine rings is 1. The van der Waals surface area contributed by atoms with Crippen molar-refractivity contribution in [1.82, 2.24) is 24.5 Å². The molecule has 1 aromatic carbocycles. The zero-order chi connectivity index (χ0) is 20.4. The Bertz CT molecular complexity index is 889. The summed E-state index contributed by atoms with van der Waals surface area (Å²) in [4.78, 5) is 29.8. The van der Waals surface area contributed by atoms with Crippen LogP contribution in [0.1, 0.15) is 26.2 Å². The van der Waals surface area contributed by atoms with Crippen LogP contribution in [0.4, 0.5) is 5.69 Å². The molecule has 3 heterocycles. The van der Waals surface area contributed by atoms with Gasteiger partial charge in [-0.05, 0) is 32.3 Å². The van der Waals surface area contributed by atoms with Crippen molar-refractivity contribution in [2.24, 2.45) is 0 Å². The number of nitro groups is 1. The van der Waals surface area contributed by atoms with Gasteiger partial charge in [-0.1, -0.05) is 0 Å². The molecule has 1 unspecified atom stereocenters. The van der Waals surface area contributed by atoms with Crippen LogP contribution < -0.4 is 0 Å². The average molecular weight is 400 g/mol. The number of carbonyl (C=O) groups excluding carboxylic acids is 1. The minimum atomic E-state index is -0.387. The number of amides is 1. The highest BCUT2D eigenvalue weighted by atomic mass is 16.6. The smallest absolute Gasteiger partial charge is 0.270 e. The zero-order valence-corrected chi connectivity index (χ0v) is 16.9. The van der Waals surface area contributed by atoms with E-state index in [4.69, 9.17) is 0 Å². The molecular weight excluding hydrogens is 372 g/mol. The first kappa shape index (κ1) is 19.8. The Hall–Kier alpha value is -2.52. The predicted molar refractivity (Wildman–Crippen MR) is 109 cm³/mol. The van der Waals surface area contributed by atoms with Gasteiger partial charge >= 0.3 is 0 Å². The molecule has 2 aliphatic rings. The summed E-state index contributed by atoms with van der Waals surface area (Å²) in [5.41, 5.74) is 0.977. The summed E-state index contributed by atoms with van der Waals surface area (Å²) < 4.78 is 1.88. The topological polar surface area (TPSA) is 87.8 Å². The SMILES string of the molecule is CC1CCCCN1C(=O)CN1CCN(Cn2ncc3cc([N+](=O)[O-])ccc32)CC1. The van der Waals surface area contributed by atoms with Gasteiger partial charge in [0.1, 0.15) is 0 Å². The predicted octanol–water partition coefficient (Wildman–Crippen LogP) is 1.92. The van der Waals surface area contributed by atoms with Crippen molar-refractivity contribution in [2.75, 3.05) is 39.3 Å². The number of aromatic nitrogens is 2. The van der Waals surface area contributed by atoms with E-state index in [1.54, 1.807) is 18.3 Å². The van der Waals surface area contributed by atoms with E-state index in [0.29, 0.717) is 19.3 Å². The van der Waals surface area contributed by atoms with E-state index < -0.39 is 0 Å². The van der Waals surface area contributed by atoms with Gasteiger partial charge < -0.3 is 4.90 Å². The number of piperazine rings is 1. The third-order valence-corrected chi connectivity index (χ3v) is 6.12. The van der Waals surface area contributed by atoms with Crippen LogP contribution in [0.3, 0.4) is 0 Å². The van der Waals surface area contributed by atoms with Gasteiger partial charge in [0.05, 0.1) is 29.9 Å². The molecule has 0 saturated carbocycles. The molecule has 2 saturated heterocycles. The highest BCUT2D eigenvalue weighted by Gasteiger charge is 2.26. The van der Waals surface area contributed by atoms with Gasteiger partial charge in [-0.25, -0.2) is 0 Å².